The fourth-order valence-electron chi connectivity index (χ4n) is 1.70. The van der Waals surface area contributed by atoms with Crippen molar-refractivity contribution in [1.82, 2.24) is 5.32 Å². The van der Waals surface area contributed by atoms with E-state index in [1.54, 1.807) is 18.2 Å². The maximum Gasteiger partial charge on any atom is 0.303 e. The maximum absolute atomic E-state index is 11.9. The van der Waals surface area contributed by atoms with E-state index in [9.17, 15) is 9.59 Å². The lowest BCUT2D eigenvalue weighted by atomic mass is 10.2. The minimum atomic E-state index is -0.874. The van der Waals surface area contributed by atoms with Gasteiger partial charge in [0.1, 0.15) is 0 Å². The van der Waals surface area contributed by atoms with Crippen LogP contribution in [0.5, 0.6) is 11.5 Å². The number of benzene rings is 1. The number of aliphatic carboxylic acids is 1. The third-order valence-electron chi connectivity index (χ3n) is 2.64. The minimum absolute atomic E-state index is 0.00888. The second-order valence-corrected chi connectivity index (χ2v) is 4.79. The Labute approximate surface area is 124 Å². The quantitative estimate of drug-likeness (QED) is 0.717. The third-order valence-corrected chi connectivity index (χ3v) is 2.64. The number of ether oxygens (including phenoxy) is 2. The fourth-order valence-corrected chi connectivity index (χ4v) is 1.70. The Bertz CT molecular complexity index is 499. The second kappa shape index (κ2) is 8.14. The summed E-state index contributed by atoms with van der Waals surface area (Å²) < 4.78 is 10.8. The zero-order chi connectivity index (χ0) is 15.8. The fraction of sp³-hybridized carbons (Fsp3) is 0.467. The van der Waals surface area contributed by atoms with Gasteiger partial charge in [-0.2, -0.15) is 0 Å². The van der Waals surface area contributed by atoms with Crippen molar-refractivity contribution in [3.05, 3.63) is 23.8 Å². The summed E-state index contributed by atoms with van der Waals surface area (Å²) in [4.78, 5) is 22.3. The van der Waals surface area contributed by atoms with E-state index in [4.69, 9.17) is 14.6 Å². The lowest BCUT2D eigenvalue weighted by Crippen LogP contribution is -2.25. The molecular weight excluding hydrogens is 274 g/mol. The van der Waals surface area contributed by atoms with Crippen LogP contribution >= 0.6 is 0 Å². The van der Waals surface area contributed by atoms with E-state index in [2.05, 4.69) is 5.32 Å². The van der Waals surface area contributed by atoms with E-state index in [1.807, 2.05) is 13.8 Å². The summed E-state index contributed by atoms with van der Waals surface area (Å²) in [5.74, 6) is -0.0762. The first-order valence-electron chi connectivity index (χ1n) is 6.78. The molecule has 1 rings (SSSR count). The molecule has 0 radical (unpaired) electrons. The molecule has 0 aromatic heterocycles. The van der Waals surface area contributed by atoms with E-state index in [-0.39, 0.29) is 18.4 Å². The number of hydrogen-bond acceptors (Lipinski definition) is 4. The predicted octanol–water partition coefficient (Wildman–Crippen LogP) is 2.08. The molecule has 6 heteroatoms. The number of rotatable bonds is 8. The minimum Gasteiger partial charge on any atom is -0.493 e. The molecule has 0 atom stereocenters. The van der Waals surface area contributed by atoms with Gasteiger partial charge in [0.15, 0.2) is 11.5 Å². The standard InChI is InChI=1S/C15H21NO5/c1-10(2)21-12-7-6-11(9-13(12)20-3)15(19)16-8-4-5-14(17)18/h6-7,9-10H,4-5,8H2,1-3H3,(H,16,19)(H,17,18). The highest BCUT2D eigenvalue weighted by atomic mass is 16.5. The average molecular weight is 295 g/mol. The van der Waals surface area contributed by atoms with Crippen LogP contribution in [0.4, 0.5) is 0 Å². The lowest BCUT2D eigenvalue weighted by molar-refractivity contribution is -0.137. The first kappa shape index (κ1) is 16.8. The molecule has 0 saturated heterocycles. The highest BCUT2D eigenvalue weighted by molar-refractivity contribution is 5.94. The summed E-state index contributed by atoms with van der Waals surface area (Å²) in [6.45, 7) is 4.13. The first-order chi connectivity index (χ1) is 9.93. The maximum atomic E-state index is 11.9. The Morgan fingerprint density at radius 3 is 2.57 bits per heavy atom. The van der Waals surface area contributed by atoms with Gasteiger partial charge in [0.05, 0.1) is 13.2 Å². The molecule has 1 aromatic rings. The number of methoxy groups -OCH3 is 1. The van der Waals surface area contributed by atoms with Crippen LogP contribution in [0.3, 0.4) is 0 Å². The highest BCUT2D eigenvalue weighted by Gasteiger charge is 2.12. The molecule has 0 aliphatic rings. The zero-order valence-corrected chi connectivity index (χ0v) is 12.5. The van der Waals surface area contributed by atoms with Crippen LogP contribution < -0.4 is 14.8 Å². The number of amides is 1. The molecule has 0 unspecified atom stereocenters. The number of carbonyl (C=O) groups is 2. The van der Waals surface area contributed by atoms with Gasteiger partial charge in [-0.15, -0.1) is 0 Å². The van der Waals surface area contributed by atoms with Crippen LogP contribution in [0.2, 0.25) is 0 Å². The summed E-state index contributed by atoms with van der Waals surface area (Å²) in [6, 6.07) is 4.93. The molecule has 6 nitrogen and oxygen atoms in total. The van der Waals surface area contributed by atoms with Gasteiger partial charge in [-0.25, -0.2) is 0 Å². The molecule has 0 aliphatic carbocycles. The average Bonchev–Trinajstić information content (AvgIpc) is 2.43. The van der Waals surface area contributed by atoms with E-state index in [0.717, 1.165) is 0 Å². The Hall–Kier alpha value is -2.24. The van der Waals surface area contributed by atoms with E-state index >= 15 is 0 Å². The molecule has 0 fully saturated rings. The van der Waals surface area contributed by atoms with Gasteiger partial charge in [-0.05, 0) is 38.5 Å². The molecule has 0 aliphatic heterocycles. The van der Waals surface area contributed by atoms with Gasteiger partial charge >= 0.3 is 5.97 Å². The molecule has 0 saturated carbocycles. The van der Waals surface area contributed by atoms with Gasteiger partial charge in [-0.1, -0.05) is 0 Å². The topological polar surface area (TPSA) is 84.9 Å². The van der Waals surface area contributed by atoms with Crippen molar-refractivity contribution in [2.75, 3.05) is 13.7 Å². The van der Waals surface area contributed by atoms with Crippen LogP contribution in [0.25, 0.3) is 0 Å². The summed E-state index contributed by atoms with van der Waals surface area (Å²) in [7, 11) is 1.51. The normalized spacial score (nSPS) is 10.3. The number of hydrogen-bond donors (Lipinski definition) is 2. The van der Waals surface area contributed by atoms with Gasteiger partial charge in [0.2, 0.25) is 0 Å². The smallest absolute Gasteiger partial charge is 0.303 e. The van der Waals surface area contributed by atoms with Crippen molar-refractivity contribution in [1.29, 1.82) is 0 Å². The van der Waals surface area contributed by atoms with Crippen molar-refractivity contribution in [3.8, 4) is 11.5 Å². The van der Waals surface area contributed by atoms with Crippen molar-refractivity contribution in [2.24, 2.45) is 0 Å². The molecule has 2 N–H and O–H groups in total. The SMILES string of the molecule is COc1cc(C(=O)NCCCC(=O)O)ccc1OC(C)C. The number of nitrogens with one attached hydrogen (secondary N) is 1. The molecular formula is C15H21NO5. The summed E-state index contributed by atoms with van der Waals surface area (Å²) in [5, 5.41) is 11.2. The molecule has 21 heavy (non-hydrogen) atoms. The molecule has 0 bridgehead atoms. The van der Waals surface area contributed by atoms with Crippen molar-refractivity contribution in [2.45, 2.75) is 32.8 Å². The van der Waals surface area contributed by atoms with Gasteiger partial charge < -0.3 is 19.9 Å². The van der Waals surface area contributed by atoms with Crippen LogP contribution in [0.1, 0.15) is 37.0 Å². The van der Waals surface area contributed by atoms with Gasteiger partial charge in [0.25, 0.3) is 5.91 Å². The Morgan fingerprint density at radius 1 is 1.29 bits per heavy atom. The number of carboxylic acids is 1. The Balaban J connectivity index is 2.66. The number of carboxylic acid groups (broad SMARTS) is 1. The van der Waals surface area contributed by atoms with E-state index in [0.29, 0.717) is 30.0 Å². The second-order valence-electron chi connectivity index (χ2n) is 4.79. The first-order valence-corrected chi connectivity index (χ1v) is 6.78. The van der Waals surface area contributed by atoms with E-state index < -0.39 is 5.97 Å². The van der Waals surface area contributed by atoms with Crippen LogP contribution in [-0.2, 0) is 4.79 Å². The van der Waals surface area contributed by atoms with Crippen LogP contribution in [-0.4, -0.2) is 36.7 Å². The summed E-state index contributed by atoms with van der Waals surface area (Å²) in [5.41, 5.74) is 0.443. The molecule has 116 valence electrons. The Morgan fingerprint density at radius 2 is 2.00 bits per heavy atom. The molecule has 1 aromatic carbocycles. The molecule has 1 amide bonds. The van der Waals surface area contributed by atoms with Crippen molar-refractivity contribution < 1.29 is 24.2 Å². The molecule has 0 spiro atoms. The van der Waals surface area contributed by atoms with E-state index in [1.165, 1.54) is 7.11 Å². The zero-order valence-electron chi connectivity index (χ0n) is 12.5. The predicted molar refractivity (Wildman–Crippen MR) is 78.0 cm³/mol. The lowest BCUT2D eigenvalue weighted by Gasteiger charge is -2.14. The van der Waals surface area contributed by atoms with Gasteiger partial charge in [0, 0.05) is 18.5 Å². The Kier molecular flexibility index (Phi) is 6.52. The summed E-state index contributed by atoms with van der Waals surface area (Å²) >= 11 is 0. The van der Waals surface area contributed by atoms with Crippen LogP contribution in [0, 0.1) is 0 Å². The summed E-state index contributed by atoms with van der Waals surface area (Å²) in [6.07, 6.45) is 0.437. The van der Waals surface area contributed by atoms with Gasteiger partial charge in [-0.3, -0.25) is 9.59 Å². The molecule has 0 heterocycles. The van der Waals surface area contributed by atoms with Crippen LogP contribution in [0.15, 0.2) is 18.2 Å². The monoisotopic (exact) mass is 295 g/mol. The number of carbonyl (C=O) groups excluding carboxylic acids is 1. The van der Waals surface area contributed by atoms with Crippen molar-refractivity contribution in [3.63, 3.8) is 0 Å². The van der Waals surface area contributed by atoms with Crippen molar-refractivity contribution >= 4 is 11.9 Å². The largest absolute Gasteiger partial charge is 0.493 e. The highest BCUT2D eigenvalue weighted by Crippen LogP contribution is 2.28. The third kappa shape index (κ3) is 5.72.